The van der Waals surface area contributed by atoms with E-state index in [9.17, 15) is 4.39 Å². The molecule has 102 valence electrons. The molecule has 0 spiro atoms. The van der Waals surface area contributed by atoms with Gasteiger partial charge < -0.3 is 14.8 Å². The second-order valence-corrected chi connectivity index (χ2v) is 4.04. The van der Waals surface area contributed by atoms with E-state index in [-0.39, 0.29) is 11.9 Å². The average molecular weight is 256 g/mol. The molecule has 1 N–H and O–H groups in total. The maximum Gasteiger partial charge on any atom is 0.141 e. The van der Waals surface area contributed by atoms with Gasteiger partial charge in [-0.1, -0.05) is 0 Å². The highest BCUT2D eigenvalue weighted by molar-refractivity contribution is 5.08. The molecule has 5 heteroatoms. The largest absolute Gasteiger partial charge is 0.382 e. The summed E-state index contributed by atoms with van der Waals surface area (Å²) in [5, 5.41) is 3.31. The Hall–Kier alpha value is -1.04. The van der Waals surface area contributed by atoms with E-state index in [1.807, 2.05) is 6.92 Å². The van der Waals surface area contributed by atoms with Crippen molar-refractivity contribution in [1.82, 2.24) is 10.3 Å². The maximum absolute atomic E-state index is 12.7. The lowest BCUT2D eigenvalue weighted by Gasteiger charge is -2.13. The molecule has 0 aliphatic heterocycles. The van der Waals surface area contributed by atoms with E-state index in [4.69, 9.17) is 9.47 Å². The number of hydrogen-bond acceptors (Lipinski definition) is 4. The van der Waals surface area contributed by atoms with Crippen LogP contribution in [0.4, 0.5) is 4.39 Å². The van der Waals surface area contributed by atoms with E-state index >= 15 is 0 Å². The second-order valence-electron chi connectivity index (χ2n) is 4.04. The summed E-state index contributed by atoms with van der Waals surface area (Å²) in [6, 6.07) is 3.24. The fraction of sp³-hybridized carbons (Fsp3) is 0.615. The van der Waals surface area contributed by atoms with Crippen molar-refractivity contribution in [1.29, 1.82) is 0 Å². The SMILES string of the molecule is COCCOCCCNC(C)c1ccc(F)cn1. The number of methoxy groups -OCH3 is 1. The number of ether oxygens (including phenoxy) is 2. The van der Waals surface area contributed by atoms with Gasteiger partial charge in [-0.25, -0.2) is 4.39 Å². The van der Waals surface area contributed by atoms with Crippen molar-refractivity contribution in [2.45, 2.75) is 19.4 Å². The molecule has 4 nitrogen and oxygen atoms in total. The molecule has 1 atom stereocenters. The first-order valence-corrected chi connectivity index (χ1v) is 6.15. The predicted molar refractivity (Wildman–Crippen MR) is 67.9 cm³/mol. The Morgan fingerprint density at radius 3 is 2.83 bits per heavy atom. The third-order valence-corrected chi connectivity index (χ3v) is 2.54. The Kier molecular flexibility index (Phi) is 7.48. The fourth-order valence-corrected chi connectivity index (χ4v) is 1.49. The molecule has 0 fully saturated rings. The molecule has 1 rings (SSSR count). The van der Waals surface area contributed by atoms with Gasteiger partial charge in [0.05, 0.1) is 25.1 Å². The molecule has 18 heavy (non-hydrogen) atoms. The van der Waals surface area contributed by atoms with Crippen LogP contribution in [0.1, 0.15) is 25.1 Å². The van der Waals surface area contributed by atoms with Crippen molar-refractivity contribution < 1.29 is 13.9 Å². The van der Waals surface area contributed by atoms with Crippen LogP contribution >= 0.6 is 0 Å². The Balaban J connectivity index is 2.10. The Bertz CT molecular complexity index is 319. The third-order valence-electron chi connectivity index (χ3n) is 2.54. The van der Waals surface area contributed by atoms with Crippen LogP contribution in [0.5, 0.6) is 0 Å². The summed E-state index contributed by atoms with van der Waals surface area (Å²) in [4.78, 5) is 4.03. The molecular formula is C13H21FN2O2. The molecule has 1 aromatic heterocycles. The van der Waals surface area contributed by atoms with Crippen LogP contribution in [-0.4, -0.2) is 38.5 Å². The monoisotopic (exact) mass is 256 g/mol. The minimum Gasteiger partial charge on any atom is -0.382 e. The highest BCUT2D eigenvalue weighted by Gasteiger charge is 2.05. The van der Waals surface area contributed by atoms with Crippen molar-refractivity contribution in [2.75, 3.05) is 33.5 Å². The van der Waals surface area contributed by atoms with Crippen LogP contribution in [0.15, 0.2) is 18.3 Å². The van der Waals surface area contributed by atoms with Crippen LogP contribution in [0, 0.1) is 5.82 Å². The number of rotatable bonds is 9. The quantitative estimate of drug-likeness (QED) is 0.686. The average Bonchev–Trinajstić information content (AvgIpc) is 2.38. The van der Waals surface area contributed by atoms with E-state index in [2.05, 4.69) is 10.3 Å². The second kappa shape index (κ2) is 8.97. The van der Waals surface area contributed by atoms with Crippen molar-refractivity contribution in [3.8, 4) is 0 Å². The molecule has 1 unspecified atom stereocenters. The van der Waals surface area contributed by atoms with Crippen LogP contribution in [0.2, 0.25) is 0 Å². The first kappa shape index (κ1) is 15.0. The summed E-state index contributed by atoms with van der Waals surface area (Å²) in [7, 11) is 1.66. The van der Waals surface area contributed by atoms with Gasteiger partial charge in [0.25, 0.3) is 0 Å². The topological polar surface area (TPSA) is 43.4 Å². The molecule has 0 saturated heterocycles. The molecule has 1 aromatic rings. The van der Waals surface area contributed by atoms with Crippen molar-refractivity contribution in [2.24, 2.45) is 0 Å². The molecule has 0 aliphatic rings. The van der Waals surface area contributed by atoms with Gasteiger partial charge in [-0.3, -0.25) is 4.98 Å². The molecule has 0 amide bonds. The highest BCUT2D eigenvalue weighted by Crippen LogP contribution is 2.08. The van der Waals surface area contributed by atoms with Gasteiger partial charge in [0.1, 0.15) is 5.82 Å². The lowest BCUT2D eigenvalue weighted by molar-refractivity contribution is 0.0693. The van der Waals surface area contributed by atoms with Crippen LogP contribution in [0.3, 0.4) is 0 Å². The van der Waals surface area contributed by atoms with E-state index < -0.39 is 0 Å². The molecule has 1 heterocycles. The number of aromatic nitrogens is 1. The number of hydrogen-bond donors (Lipinski definition) is 1. The lowest BCUT2D eigenvalue weighted by Crippen LogP contribution is -2.22. The van der Waals surface area contributed by atoms with Gasteiger partial charge in [-0.15, -0.1) is 0 Å². The number of nitrogens with zero attached hydrogens (tertiary/aromatic N) is 1. The van der Waals surface area contributed by atoms with Gasteiger partial charge >= 0.3 is 0 Å². The molecule has 0 bridgehead atoms. The van der Waals surface area contributed by atoms with E-state index in [0.717, 1.165) is 18.7 Å². The first-order valence-electron chi connectivity index (χ1n) is 6.15. The minimum atomic E-state index is -0.308. The summed E-state index contributed by atoms with van der Waals surface area (Å²) in [6.45, 7) is 4.81. The number of halogens is 1. The standard InChI is InChI=1S/C13H21FN2O2/c1-11(13-5-4-12(14)10-16-13)15-6-3-7-18-9-8-17-2/h4-5,10-11,15H,3,6-9H2,1-2H3. The Labute approximate surface area is 108 Å². The van der Waals surface area contributed by atoms with E-state index in [0.29, 0.717) is 19.8 Å². The normalized spacial score (nSPS) is 12.6. The Morgan fingerprint density at radius 2 is 2.17 bits per heavy atom. The molecular weight excluding hydrogens is 235 g/mol. The summed E-state index contributed by atoms with van der Waals surface area (Å²) < 4.78 is 22.9. The number of pyridine rings is 1. The van der Waals surface area contributed by atoms with Gasteiger partial charge in [-0.05, 0) is 32.0 Å². The molecule has 0 radical (unpaired) electrons. The number of nitrogens with one attached hydrogen (secondary N) is 1. The zero-order valence-corrected chi connectivity index (χ0v) is 11.0. The summed E-state index contributed by atoms with van der Waals surface area (Å²) >= 11 is 0. The summed E-state index contributed by atoms with van der Waals surface area (Å²) in [5.74, 6) is -0.308. The highest BCUT2D eigenvalue weighted by atomic mass is 19.1. The van der Waals surface area contributed by atoms with Gasteiger partial charge in [0, 0.05) is 19.8 Å². The van der Waals surface area contributed by atoms with Gasteiger partial charge in [0.2, 0.25) is 0 Å². The van der Waals surface area contributed by atoms with Crippen LogP contribution in [-0.2, 0) is 9.47 Å². The van der Waals surface area contributed by atoms with Crippen LogP contribution < -0.4 is 5.32 Å². The molecule has 0 aliphatic carbocycles. The lowest BCUT2D eigenvalue weighted by atomic mass is 10.2. The van der Waals surface area contributed by atoms with Crippen molar-refractivity contribution in [3.05, 3.63) is 29.8 Å². The first-order chi connectivity index (χ1) is 8.74. The Morgan fingerprint density at radius 1 is 1.33 bits per heavy atom. The van der Waals surface area contributed by atoms with E-state index in [1.54, 1.807) is 13.2 Å². The van der Waals surface area contributed by atoms with Gasteiger partial charge in [-0.2, -0.15) is 0 Å². The van der Waals surface area contributed by atoms with Gasteiger partial charge in [0.15, 0.2) is 0 Å². The fourth-order valence-electron chi connectivity index (χ4n) is 1.49. The van der Waals surface area contributed by atoms with Crippen molar-refractivity contribution >= 4 is 0 Å². The maximum atomic E-state index is 12.7. The predicted octanol–water partition coefficient (Wildman–Crippen LogP) is 1.92. The van der Waals surface area contributed by atoms with Crippen LogP contribution in [0.25, 0.3) is 0 Å². The minimum absolute atomic E-state index is 0.115. The zero-order chi connectivity index (χ0) is 13.2. The van der Waals surface area contributed by atoms with Crippen molar-refractivity contribution in [3.63, 3.8) is 0 Å². The smallest absolute Gasteiger partial charge is 0.141 e. The third kappa shape index (κ3) is 6.05. The van der Waals surface area contributed by atoms with E-state index in [1.165, 1.54) is 12.3 Å². The molecule has 0 aromatic carbocycles. The molecule has 0 saturated carbocycles. The summed E-state index contributed by atoms with van der Waals surface area (Å²) in [5.41, 5.74) is 0.844. The zero-order valence-electron chi connectivity index (χ0n) is 11.0. The summed E-state index contributed by atoms with van der Waals surface area (Å²) in [6.07, 6.45) is 2.16.